The van der Waals surface area contributed by atoms with Crippen molar-refractivity contribution in [2.45, 2.75) is 6.92 Å². The Labute approximate surface area is 98.5 Å². The molecule has 0 radical (unpaired) electrons. The van der Waals surface area contributed by atoms with Crippen molar-refractivity contribution in [3.05, 3.63) is 35.9 Å². The van der Waals surface area contributed by atoms with Gasteiger partial charge in [-0.3, -0.25) is 4.79 Å². The summed E-state index contributed by atoms with van der Waals surface area (Å²) in [4.78, 5) is 21.9. The highest BCUT2D eigenvalue weighted by Gasteiger charge is 2.12. The number of hydrogen-bond donors (Lipinski definition) is 2. The molecule has 3 N–H and O–H groups in total. The number of ether oxygens (including phenoxy) is 1. The number of carboxylic acids is 1. The molecule has 5 heteroatoms. The third kappa shape index (κ3) is 3.15. The van der Waals surface area contributed by atoms with E-state index in [0.717, 1.165) is 0 Å². The average molecular weight is 235 g/mol. The van der Waals surface area contributed by atoms with Gasteiger partial charge in [0.2, 0.25) is 0 Å². The molecule has 0 spiro atoms. The highest BCUT2D eigenvalue weighted by atomic mass is 16.5. The van der Waals surface area contributed by atoms with Gasteiger partial charge in [-0.15, -0.1) is 0 Å². The second-order valence-corrected chi connectivity index (χ2v) is 3.47. The Morgan fingerprint density at radius 2 is 2.12 bits per heavy atom. The van der Waals surface area contributed by atoms with Crippen molar-refractivity contribution >= 4 is 17.5 Å². The molecule has 90 valence electrons. The van der Waals surface area contributed by atoms with Crippen LogP contribution in [0, 0.1) is 0 Å². The van der Waals surface area contributed by atoms with Crippen LogP contribution in [0.1, 0.15) is 22.8 Å². The van der Waals surface area contributed by atoms with Gasteiger partial charge in [0.1, 0.15) is 5.75 Å². The molecule has 5 nitrogen and oxygen atoms in total. The molecule has 0 unspecified atom stereocenters. The molecule has 0 saturated heterocycles. The van der Waals surface area contributed by atoms with E-state index in [2.05, 4.69) is 6.58 Å². The van der Waals surface area contributed by atoms with E-state index >= 15 is 0 Å². The van der Waals surface area contributed by atoms with Crippen LogP contribution in [0.15, 0.2) is 24.8 Å². The molecule has 0 saturated carbocycles. The SMILES string of the molecule is C=C(C)c1cc(C(=O)O)ccc1OC(=O)CN. The van der Waals surface area contributed by atoms with Gasteiger partial charge in [0.25, 0.3) is 0 Å². The van der Waals surface area contributed by atoms with Gasteiger partial charge >= 0.3 is 11.9 Å². The minimum absolute atomic E-state index is 0.107. The number of rotatable bonds is 4. The Kier molecular flexibility index (Phi) is 4.01. The smallest absolute Gasteiger partial charge is 0.335 e. The topological polar surface area (TPSA) is 89.6 Å². The van der Waals surface area contributed by atoms with Gasteiger partial charge in [0.15, 0.2) is 0 Å². The Morgan fingerprint density at radius 1 is 1.47 bits per heavy atom. The van der Waals surface area contributed by atoms with Crippen molar-refractivity contribution < 1.29 is 19.4 Å². The summed E-state index contributed by atoms with van der Waals surface area (Å²) < 4.78 is 4.97. The van der Waals surface area contributed by atoms with Gasteiger partial charge in [0.05, 0.1) is 12.1 Å². The predicted molar refractivity (Wildman–Crippen MR) is 62.8 cm³/mol. The van der Waals surface area contributed by atoms with Gasteiger partial charge in [-0.25, -0.2) is 4.79 Å². The molecule has 1 rings (SSSR count). The van der Waals surface area contributed by atoms with Gasteiger partial charge in [0, 0.05) is 5.56 Å². The second-order valence-electron chi connectivity index (χ2n) is 3.47. The highest BCUT2D eigenvalue weighted by Crippen LogP contribution is 2.26. The van der Waals surface area contributed by atoms with Crippen molar-refractivity contribution in [1.82, 2.24) is 0 Å². The van der Waals surface area contributed by atoms with E-state index in [1.165, 1.54) is 18.2 Å². The molecule has 0 fully saturated rings. The highest BCUT2D eigenvalue weighted by molar-refractivity contribution is 5.90. The van der Waals surface area contributed by atoms with Gasteiger partial charge in [-0.1, -0.05) is 6.58 Å². The van der Waals surface area contributed by atoms with Crippen LogP contribution in [0.25, 0.3) is 5.57 Å². The molecule has 0 aromatic heterocycles. The summed E-state index contributed by atoms with van der Waals surface area (Å²) in [5.74, 6) is -1.38. The van der Waals surface area contributed by atoms with Crippen LogP contribution in [0.3, 0.4) is 0 Å². The van der Waals surface area contributed by atoms with Crippen molar-refractivity contribution in [3.8, 4) is 5.75 Å². The standard InChI is InChI=1S/C12H13NO4/c1-7(2)9-5-8(12(15)16)3-4-10(9)17-11(14)6-13/h3-5H,1,6,13H2,2H3,(H,15,16). The molecule has 0 aliphatic rings. The first-order chi connectivity index (χ1) is 7.95. The van der Waals surface area contributed by atoms with Gasteiger partial charge in [-0.05, 0) is 30.7 Å². The lowest BCUT2D eigenvalue weighted by molar-refractivity contribution is -0.132. The van der Waals surface area contributed by atoms with Crippen molar-refractivity contribution in [2.24, 2.45) is 5.73 Å². The number of allylic oxidation sites excluding steroid dienone is 1. The third-order valence-electron chi connectivity index (χ3n) is 2.08. The lowest BCUT2D eigenvalue weighted by atomic mass is 10.0. The van der Waals surface area contributed by atoms with E-state index in [9.17, 15) is 9.59 Å². The number of nitrogens with two attached hydrogens (primary N) is 1. The van der Waals surface area contributed by atoms with E-state index in [1.54, 1.807) is 6.92 Å². The van der Waals surface area contributed by atoms with Crippen LogP contribution >= 0.6 is 0 Å². The Hall–Kier alpha value is -2.14. The number of benzene rings is 1. The predicted octanol–water partition coefficient (Wildman–Crippen LogP) is 1.28. The van der Waals surface area contributed by atoms with E-state index in [-0.39, 0.29) is 17.9 Å². The zero-order valence-corrected chi connectivity index (χ0v) is 9.40. The zero-order chi connectivity index (χ0) is 13.0. The number of carbonyl (C=O) groups is 2. The fourth-order valence-electron chi connectivity index (χ4n) is 1.25. The summed E-state index contributed by atoms with van der Waals surface area (Å²) in [7, 11) is 0. The van der Waals surface area contributed by atoms with Crippen LogP contribution in [-0.2, 0) is 4.79 Å². The van der Waals surface area contributed by atoms with E-state index < -0.39 is 11.9 Å². The summed E-state index contributed by atoms with van der Waals surface area (Å²) in [5, 5.41) is 8.85. The van der Waals surface area contributed by atoms with Crippen LogP contribution in [0.4, 0.5) is 0 Å². The molecule has 0 aliphatic carbocycles. The Morgan fingerprint density at radius 3 is 2.59 bits per heavy atom. The monoisotopic (exact) mass is 235 g/mol. The van der Waals surface area contributed by atoms with Gasteiger partial charge < -0.3 is 15.6 Å². The summed E-state index contributed by atoms with van der Waals surface area (Å²) in [5.41, 5.74) is 6.32. The molecule has 0 heterocycles. The average Bonchev–Trinajstić information content (AvgIpc) is 2.28. The van der Waals surface area contributed by atoms with Crippen LogP contribution in [-0.4, -0.2) is 23.6 Å². The molecule has 17 heavy (non-hydrogen) atoms. The van der Waals surface area contributed by atoms with Crippen LogP contribution in [0.2, 0.25) is 0 Å². The first-order valence-electron chi connectivity index (χ1n) is 4.89. The first kappa shape index (κ1) is 12.9. The molecule has 1 aromatic rings. The lowest BCUT2D eigenvalue weighted by Crippen LogP contribution is -2.20. The molecular formula is C12H13NO4. The first-order valence-corrected chi connectivity index (χ1v) is 4.89. The lowest BCUT2D eigenvalue weighted by Gasteiger charge is -2.10. The summed E-state index contributed by atoms with van der Waals surface area (Å²) in [6, 6.07) is 4.18. The van der Waals surface area contributed by atoms with Crippen molar-refractivity contribution in [3.63, 3.8) is 0 Å². The number of aromatic carboxylic acids is 1. The van der Waals surface area contributed by atoms with Gasteiger partial charge in [-0.2, -0.15) is 0 Å². The summed E-state index contributed by atoms with van der Waals surface area (Å²) in [6.45, 7) is 5.16. The number of esters is 1. The number of carbonyl (C=O) groups excluding carboxylic acids is 1. The summed E-state index contributed by atoms with van der Waals surface area (Å²) >= 11 is 0. The zero-order valence-electron chi connectivity index (χ0n) is 9.40. The quantitative estimate of drug-likeness (QED) is 0.606. The number of hydrogen-bond acceptors (Lipinski definition) is 4. The molecule has 0 atom stereocenters. The molecule has 1 aromatic carbocycles. The van der Waals surface area contributed by atoms with E-state index in [4.69, 9.17) is 15.6 Å². The van der Waals surface area contributed by atoms with Crippen LogP contribution < -0.4 is 10.5 Å². The Balaban J connectivity index is 3.17. The van der Waals surface area contributed by atoms with E-state index in [1.807, 2.05) is 0 Å². The largest absolute Gasteiger partial charge is 0.478 e. The minimum Gasteiger partial charge on any atom is -0.478 e. The third-order valence-corrected chi connectivity index (χ3v) is 2.08. The maximum Gasteiger partial charge on any atom is 0.335 e. The normalized spacial score (nSPS) is 9.76. The maximum atomic E-state index is 11.1. The van der Waals surface area contributed by atoms with Crippen molar-refractivity contribution in [1.29, 1.82) is 0 Å². The molecule has 0 amide bonds. The fraction of sp³-hybridized carbons (Fsp3) is 0.167. The molecular weight excluding hydrogens is 222 g/mol. The Bertz CT molecular complexity index is 479. The van der Waals surface area contributed by atoms with Crippen molar-refractivity contribution in [2.75, 3.05) is 6.54 Å². The fourth-order valence-corrected chi connectivity index (χ4v) is 1.25. The number of carboxylic acid groups (broad SMARTS) is 1. The maximum absolute atomic E-state index is 11.1. The molecule has 0 aliphatic heterocycles. The van der Waals surface area contributed by atoms with E-state index in [0.29, 0.717) is 11.1 Å². The van der Waals surface area contributed by atoms with Crippen LogP contribution in [0.5, 0.6) is 5.75 Å². The minimum atomic E-state index is -1.05. The second kappa shape index (κ2) is 5.27. The molecule has 0 bridgehead atoms. The summed E-state index contributed by atoms with van der Waals surface area (Å²) in [6.07, 6.45) is 0.